The molecule has 2 saturated heterocycles. The van der Waals surface area contributed by atoms with Crippen molar-refractivity contribution in [2.45, 2.75) is 57.7 Å². The molecule has 15 heavy (non-hydrogen) atoms. The number of rotatable bonds is 3. The number of nitrogens with zero attached hydrogens (tertiary/aromatic N) is 1. The summed E-state index contributed by atoms with van der Waals surface area (Å²) in [4.78, 5) is 2.60. The summed E-state index contributed by atoms with van der Waals surface area (Å²) in [5.74, 6) is 0. The predicted molar refractivity (Wildman–Crippen MR) is 61.6 cm³/mol. The van der Waals surface area contributed by atoms with Crippen LogP contribution in [-0.2, 0) is 0 Å². The lowest BCUT2D eigenvalue weighted by Crippen LogP contribution is -2.49. The van der Waals surface area contributed by atoms with Gasteiger partial charge in [-0.05, 0) is 37.6 Å². The van der Waals surface area contributed by atoms with Crippen molar-refractivity contribution in [2.75, 3.05) is 13.1 Å². The lowest BCUT2D eigenvalue weighted by Gasteiger charge is -2.41. The van der Waals surface area contributed by atoms with Gasteiger partial charge in [-0.15, -0.1) is 0 Å². The van der Waals surface area contributed by atoms with Crippen molar-refractivity contribution in [1.29, 1.82) is 0 Å². The van der Waals surface area contributed by atoms with E-state index in [1.54, 1.807) is 0 Å². The molecule has 2 heterocycles. The van der Waals surface area contributed by atoms with E-state index in [0.717, 1.165) is 25.9 Å². The van der Waals surface area contributed by atoms with Crippen LogP contribution in [0.2, 0.25) is 0 Å². The fraction of sp³-hybridized carbons (Fsp3) is 1.00. The molecule has 3 heteroatoms. The van der Waals surface area contributed by atoms with Gasteiger partial charge in [0.2, 0.25) is 0 Å². The molecule has 88 valence electrons. The van der Waals surface area contributed by atoms with Gasteiger partial charge in [-0.2, -0.15) is 0 Å². The highest BCUT2D eigenvalue weighted by Crippen LogP contribution is 2.37. The van der Waals surface area contributed by atoms with Crippen LogP contribution in [0.15, 0.2) is 0 Å². The molecular formula is C12H24N2O. The first-order valence-electron chi connectivity index (χ1n) is 6.16. The molecule has 2 aliphatic rings. The summed E-state index contributed by atoms with van der Waals surface area (Å²) in [7, 11) is 0. The minimum absolute atomic E-state index is 0.0558. The summed E-state index contributed by atoms with van der Waals surface area (Å²) in [6.45, 7) is 6.30. The second-order valence-electron chi connectivity index (χ2n) is 6.05. The van der Waals surface area contributed by atoms with E-state index in [1.807, 2.05) is 0 Å². The molecule has 0 amide bonds. The van der Waals surface area contributed by atoms with E-state index in [4.69, 9.17) is 5.73 Å². The van der Waals surface area contributed by atoms with Gasteiger partial charge in [-0.1, -0.05) is 13.8 Å². The third-order valence-electron chi connectivity index (χ3n) is 4.02. The molecule has 2 atom stereocenters. The van der Waals surface area contributed by atoms with E-state index < -0.39 is 0 Å². The van der Waals surface area contributed by atoms with Crippen LogP contribution in [0, 0.1) is 5.41 Å². The fourth-order valence-electron chi connectivity index (χ4n) is 3.06. The summed E-state index contributed by atoms with van der Waals surface area (Å²) in [5, 5.41) is 9.71. The smallest absolute Gasteiger partial charge is 0.0570 e. The van der Waals surface area contributed by atoms with Crippen LogP contribution in [0.3, 0.4) is 0 Å². The Hall–Kier alpha value is -0.120. The Labute approximate surface area is 92.6 Å². The van der Waals surface area contributed by atoms with Crippen molar-refractivity contribution in [2.24, 2.45) is 11.1 Å². The molecule has 2 aliphatic heterocycles. The number of piperidine rings is 1. The van der Waals surface area contributed by atoms with Crippen LogP contribution < -0.4 is 5.73 Å². The molecular weight excluding hydrogens is 188 g/mol. The van der Waals surface area contributed by atoms with E-state index >= 15 is 0 Å². The Morgan fingerprint density at radius 3 is 2.27 bits per heavy atom. The summed E-state index contributed by atoms with van der Waals surface area (Å²) < 4.78 is 0. The lowest BCUT2D eigenvalue weighted by molar-refractivity contribution is 0.0171. The maximum Gasteiger partial charge on any atom is 0.0570 e. The van der Waals surface area contributed by atoms with Crippen LogP contribution in [0.25, 0.3) is 0 Å². The van der Waals surface area contributed by atoms with E-state index in [2.05, 4.69) is 18.7 Å². The van der Waals surface area contributed by atoms with Gasteiger partial charge in [-0.3, -0.25) is 4.90 Å². The van der Waals surface area contributed by atoms with Crippen LogP contribution >= 0.6 is 0 Å². The minimum atomic E-state index is -0.0558. The van der Waals surface area contributed by atoms with Crippen LogP contribution in [0.4, 0.5) is 0 Å². The lowest BCUT2D eigenvalue weighted by atomic mass is 9.90. The maximum absolute atomic E-state index is 9.71. The Bertz CT molecular complexity index is 216. The summed E-state index contributed by atoms with van der Waals surface area (Å²) in [5.41, 5.74) is 6.00. The molecule has 0 saturated carbocycles. The average Bonchev–Trinajstić information content (AvgIpc) is 2.42. The number of aliphatic hydroxyl groups is 1. The third-order valence-corrected chi connectivity index (χ3v) is 4.02. The molecule has 0 radical (unpaired) electrons. The summed E-state index contributed by atoms with van der Waals surface area (Å²) >= 11 is 0. The van der Waals surface area contributed by atoms with Gasteiger partial charge < -0.3 is 10.8 Å². The number of fused-ring (bicyclic) bond motifs is 2. The van der Waals surface area contributed by atoms with Gasteiger partial charge in [0.05, 0.1) is 6.10 Å². The van der Waals surface area contributed by atoms with Crippen molar-refractivity contribution in [3.05, 3.63) is 0 Å². The highest BCUT2D eigenvalue weighted by Gasteiger charge is 2.41. The van der Waals surface area contributed by atoms with Crippen LogP contribution in [0.5, 0.6) is 0 Å². The first kappa shape index (κ1) is 11.4. The number of nitrogens with two attached hydrogens (primary N) is 1. The van der Waals surface area contributed by atoms with Gasteiger partial charge in [-0.25, -0.2) is 0 Å². The quantitative estimate of drug-likeness (QED) is 0.732. The van der Waals surface area contributed by atoms with Crippen molar-refractivity contribution in [1.82, 2.24) is 4.90 Å². The van der Waals surface area contributed by atoms with Gasteiger partial charge in [0.1, 0.15) is 0 Å². The molecule has 2 rings (SSSR count). The maximum atomic E-state index is 9.71. The van der Waals surface area contributed by atoms with Crippen molar-refractivity contribution in [3.8, 4) is 0 Å². The van der Waals surface area contributed by atoms with Crippen LogP contribution in [-0.4, -0.2) is 41.3 Å². The standard InChI is InChI=1S/C12H24N2O/c1-12(2,7-13)8-14-9-3-4-10(14)6-11(15)5-9/h9-11,15H,3-8,13H2,1-2H3. The molecule has 2 bridgehead atoms. The Morgan fingerprint density at radius 2 is 1.80 bits per heavy atom. The normalized spacial score (nSPS) is 37.2. The zero-order valence-electron chi connectivity index (χ0n) is 9.95. The molecule has 2 unspecified atom stereocenters. The molecule has 0 spiro atoms. The predicted octanol–water partition coefficient (Wildman–Crippen LogP) is 0.959. The molecule has 0 aromatic rings. The summed E-state index contributed by atoms with van der Waals surface area (Å²) in [6, 6.07) is 1.23. The van der Waals surface area contributed by atoms with Crippen LogP contribution in [0.1, 0.15) is 39.5 Å². The SMILES string of the molecule is CC(C)(CN)CN1C2CCC1CC(O)C2. The molecule has 2 fully saturated rings. The number of hydrogen-bond donors (Lipinski definition) is 2. The van der Waals surface area contributed by atoms with Gasteiger partial charge in [0.25, 0.3) is 0 Å². The number of hydrogen-bond acceptors (Lipinski definition) is 3. The Morgan fingerprint density at radius 1 is 1.27 bits per heavy atom. The minimum Gasteiger partial charge on any atom is -0.393 e. The fourth-order valence-corrected chi connectivity index (χ4v) is 3.06. The first-order chi connectivity index (χ1) is 7.02. The Balaban J connectivity index is 1.99. The van der Waals surface area contributed by atoms with Crippen molar-refractivity contribution < 1.29 is 5.11 Å². The summed E-state index contributed by atoms with van der Waals surface area (Å²) in [6.07, 6.45) is 4.42. The van der Waals surface area contributed by atoms with Crippen molar-refractivity contribution >= 4 is 0 Å². The first-order valence-corrected chi connectivity index (χ1v) is 6.16. The highest BCUT2D eigenvalue weighted by molar-refractivity contribution is 4.96. The zero-order valence-corrected chi connectivity index (χ0v) is 9.95. The number of aliphatic hydroxyl groups excluding tert-OH is 1. The topological polar surface area (TPSA) is 49.5 Å². The van der Waals surface area contributed by atoms with Crippen molar-refractivity contribution in [3.63, 3.8) is 0 Å². The second-order valence-corrected chi connectivity index (χ2v) is 6.05. The Kier molecular flexibility index (Phi) is 3.06. The van der Waals surface area contributed by atoms with Gasteiger partial charge >= 0.3 is 0 Å². The largest absolute Gasteiger partial charge is 0.393 e. The van der Waals surface area contributed by atoms with E-state index in [1.165, 1.54) is 12.8 Å². The monoisotopic (exact) mass is 212 g/mol. The molecule has 0 aliphatic carbocycles. The molecule has 0 aromatic heterocycles. The van der Waals surface area contributed by atoms with Gasteiger partial charge in [0, 0.05) is 18.6 Å². The third kappa shape index (κ3) is 2.35. The highest BCUT2D eigenvalue weighted by atomic mass is 16.3. The second kappa shape index (κ2) is 4.04. The van der Waals surface area contributed by atoms with E-state index in [0.29, 0.717) is 12.1 Å². The van der Waals surface area contributed by atoms with E-state index in [-0.39, 0.29) is 11.5 Å². The molecule has 3 N–H and O–H groups in total. The molecule has 0 aromatic carbocycles. The molecule has 3 nitrogen and oxygen atoms in total. The van der Waals surface area contributed by atoms with Gasteiger partial charge in [0.15, 0.2) is 0 Å². The average molecular weight is 212 g/mol. The zero-order chi connectivity index (χ0) is 11.1. The van der Waals surface area contributed by atoms with E-state index in [9.17, 15) is 5.11 Å².